The number of hydrogen-bond donors (Lipinski definition) is 0. The van der Waals surface area contributed by atoms with E-state index in [9.17, 15) is 4.79 Å². The van der Waals surface area contributed by atoms with Gasteiger partial charge in [0.15, 0.2) is 0 Å². The van der Waals surface area contributed by atoms with Crippen molar-refractivity contribution in [2.75, 3.05) is 62.2 Å². The zero-order valence-corrected chi connectivity index (χ0v) is 30.5. The fourth-order valence-electron chi connectivity index (χ4n) is 7.96. The first kappa shape index (κ1) is 33.4. The van der Waals surface area contributed by atoms with Gasteiger partial charge < -0.3 is 19.1 Å². The lowest BCUT2D eigenvalue weighted by Crippen LogP contribution is -2.49. The lowest BCUT2D eigenvalue weighted by molar-refractivity contribution is 0.0747. The van der Waals surface area contributed by atoms with Crippen molar-refractivity contribution < 1.29 is 9.21 Å². The van der Waals surface area contributed by atoms with Gasteiger partial charge in [-0.05, 0) is 81.8 Å². The van der Waals surface area contributed by atoms with Crippen molar-refractivity contribution in [2.24, 2.45) is 0 Å². The molecule has 3 aliphatic rings. The largest absolute Gasteiger partial charge is 0.456 e. The van der Waals surface area contributed by atoms with Gasteiger partial charge in [-0.2, -0.15) is 0 Å². The highest BCUT2D eigenvalue weighted by molar-refractivity contribution is 6.10. The molecule has 0 N–H and O–H groups in total. The number of amides is 1. The molecule has 1 aliphatic carbocycles. The first-order chi connectivity index (χ1) is 25.5. The molecule has 1 saturated heterocycles. The summed E-state index contributed by atoms with van der Waals surface area (Å²) in [6.07, 6.45) is 3.65. The minimum atomic E-state index is 0.0473. The van der Waals surface area contributed by atoms with Gasteiger partial charge in [-0.1, -0.05) is 24.3 Å². The van der Waals surface area contributed by atoms with Crippen LogP contribution in [0.25, 0.3) is 55.2 Å². The van der Waals surface area contributed by atoms with Gasteiger partial charge in [0.25, 0.3) is 5.91 Å². The summed E-state index contributed by atoms with van der Waals surface area (Å²) in [6.45, 7) is 15.0. The van der Waals surface area contributed by atoms with E-state index in [1.54, 1.807) is 0 Å². The highest BCUT2D eigenvalue weighted by Crippen LogP contribution is 2.42. The summed E-state index contributed by atoms with van der Waals surface area (Å²) >= 11 is 0. The molecule has 4 heterocycles. The van der Waals surface area contributed by atoms with Gasteiger partial charge in [0, 0.05) is 108 Å². The molecule has 0 atom stereocenters. The highest BCUT2D eigenvalue weighted by atomic mass is 16.3. The SMILES string of the molecule is CCN(CC)c1ccc2c(-c3ccccc3C(=O)N3CCN(c4cc5cccnc5c5ncccc45)CC3)c3ccc(=[N+](CC)CC)cc-3oc2c1. The molecule has 0 spiro atoms. The van der Waals surface area contributed by atoms with Gasteiger partial charge in [0.2, 0.25) is 5.36 Å². The molecule has 8 rings (SSSR count). The normalized spacial score (nSPS) is 13.4. The Kier molecular flexibility index (Phi) is 9.05. The molecule has 5 aromatic rings. The summed E-state index contributed by atoms with van der Waals surface area (Å²) in [5, 5.41) is 4.27. The third-order valence-corrected chi connectivity index (χ3v) is 10.7. The molecule has 262 valence electrons. The first-order valence-corrected chi connectivity index (χ1v) is 18.6. The van der Waals surface area contributed by atoms with E-state index >= 15 is 0 Å². The summed E-state index contributed by atoms with van der Waals surface area (Å²) in [5.41, 5.74) is 8.54. The molecule has 52 heavy (non-hydrogen) atoms. The number of benzene rings is 4. The number of fused-ring (bicyclic) bond motifs is 5. The van der Waals surface area contributed by atoms with Crippen LogP contribution in [-0.2, 0) is 0 Å². The summed E-state index contributed by atoms with van der Waals surface area (Å²) in [6, 6.07) is 31.5. The van der Waals surface area contributed by atoms with Crippen LogP contribution in [0.15, 0.2) is 108 Å². The number of carbonyl (C=O) groups excluding carboxylic acids is 1. The van der Waals surface area contributed by atoms with Crippen LogP contribution in [0.2, 0.25) is 0 Å². The van der Waals surface area contributed by atoms with Gasteiger partial charge in [-0.3, -0.25) is 14.8 Å². The second-order valence-electron chi connectivity index (χ2n) is 13.4. The van der Waals surface area contributed by atoms with Crippen molar-refractivity contribution >= 4 is 50.1 Å². The van der Waals surface area contributed by atoms with Crippen LogP contribution in [0.3, 0.4) is 0 Å². The van der Waals surface area contributed by atoms with Crippen LogP contribution < -0.4 is 19.7 Å². The van der Waals surface area contributed by atoms with Gasteiger partial charge in [-0.15, -0.1) is 0 Å². The van der Waals surface area contributed by atoms with Crippen LogP contribution in [0, 0.1) is 0 Å². The number of piperazine rings is 1. The maximum atomic E-state index is 14.6. The van der Waals surface area contributed by atoms with Crippen molar-refractivity contribution in [1.29, 1.82) is 0 Å². The molecule has 0 bridgehead atoms. The van der Waals surface area contributed by atoms with E-state index < -0.39 is 0 Å². The quantitative estimate of drug-likeness (QED) is 0.0918. The number of carbonyl (C=O) groups is 1. The third-order valence-electron chi connectivity index (χ3n) is 10.7. The lowest BCUT2D eigenvalue weighted by atomic mass is 9.90. The molecule has 8 nitrogen and oxygen atoms in total. The predicted octanol–water partition coefficient (Wildman–Crippen LogP) is 7.92. The molecule has 2 aromatic heterocycles. The fraction of sp³-hybridized carbons (Fsp3) is 0.273. The standard InChI is InChI=1S/C44H45N6O2/c1-5-47(6-2)31-17-19-36-39(28-31)52-40-29-32(48(7-3)8-4)18-20-37(40)41(36)33-14-9-10-15-34(33)44(51)50-25-23-49(24-26-50)38-27-30-13-11-21-45-42(30)43-35(38)16-12-22-46-43/h9-22,27-29H,5-8,23-26H2,1-4H3/q+1. The minimum Gasteiger partial charge on any atom is -0.456 e. The molecule has 0 saturated carbocycles. The van der Waals surface area contributed by atoms with Gasteiger partial charge >= 0.3 is 0 Å². The topological polar surface area (TPSA) is 68.7 Å². The Balaban J connectivity index is 1.18. The van der Waals surface area contributed by atoms with Crippen molar-refractivity contribution in [3.63, 3.8) is 0 Å². The van der Waals surface area contributed by atoms with Gasteiger partial charge in [0.1, 0.15) is 24.4 Å². The molecule has 3 aromatic carbocycles. The van der Waals surface area contributed by atoms with Crippen LogP contribution in [0.1, 0.15) is 38.1 Å². The van der Waals surface area contributed by atoms with Crippen LogP contribution in [0.4, 0.5) is 11.4 Å². The van der Waals surface area contributed by atoms with E-state index in [1.807, 2.05) is 47.6 Å². The Labute approximate surface area is 304 Å². The molecule has 1 fully saturated rings. The average molecular weight is 690 g/mol. The highest BCUT2D eigenvalue weighted by Gasteiger charge is 2.28. The van der Waals surface area contributed by atoms with Crippen molar-refractivity contribution in [2.45, 2.75) is 27.7 Å². The van der Waals surface area contributed by atoms with Crippen molar-refractivity contribution in [3.8, 4) is 22.5 Å². The van der Waals surface area contributed by atoms with Crippen LogP contribution in [0.5, 0.6) is 0 Å². The first-order valence-electron chi connectivity index (χ1n) is 18.6. The van der Waals surface area contributed by atoms with E-state index in [1.165, 1.54) is 0 Å². The Morgan fingerprint density at radius 3 is 2.27 bits per heavy atom. The van der Waals surface area contributed by atoms with E-state index in [0.29, 0.717) is 18.7 Å². The summed E-state index contributed by atoms with van der Waals surface area (Å²) in [5.74, 6) is 0.859. The van der Waals surface area contributed by atoms with Crippen LogP contribution in [-0.4, -0.2) is 73.1 Å². The number of anilines is 2. The maximum absolute atomic E-state index is 14.6. The fourth-order valence-corrected chi connectivity index (χ4v) is 7.96. The third kappa shape index (κ3) is 5.82. The minimum absolute atomic E-state index is 0.0473. The Morgan fingerprint density at radius 1 is 0.750 bits per heavy atom. The second kappa shape index (κ2) is 14.1. The van der Waals surface area contributed by atoms with Crippen molar-refractivity contribution in [1.82, 2.24) is 19.4 Å². The smallest absolute Gasteiger partial charge is 0.254 e. The summed E-state index contributed by atoms with van der Waals surface area (Å²) < 4.78 is 9.06. The molecule has 0 unspecified atom stereocenters. The Hall–Kier alpha value is -5.76. The molecule has 2 aliphatic heterocycles. The Morgan fingerprint density at radius 2 is 1.50 bits per heavy atom. The predicted molar refractivity (Wildman–Crippen MR) is 213 cm³/mol. The van der Waals surface area contributed by atoms with E-state index in [0.717, 1.165) is 111 Å². The molecule has 1 amide bonds. The van der Waals surface area contributed by atoms with Gasteiger partial charge in [0.05, 0.1) is 17.1 Å². The van der Waals surface area contributed by atoms with Crippen LogP contribution >= 0.6 is 0 Å². The molecular weight excluding hydrogens is 645 g/mol. The second-order valence-corrected chi connectivity index (χ2v) is 13.4. The summed E-state index contributed by atoms with van der Waals surface area (Å²) in [4.78, 5) is 30.6. The van der Waals surface area contributed by atoms with Gasteiger partial charge in [-0.25, -0.2) is 4.58 Å². The molecular formula is C44H45N6O2+. The van der Waals surface area contributed by atoms with E-state index in [4.69, 9.17) is 9.40 Å². The molecule has 0 radical (unpaired) electrons. The number of hydrogen-bond acceptors (Lipinski definition) is 6. The zero-order chi connectivity index (χ0) is 35.8. The summed E-state index contributed by atoms with van der Waals surface area (Å²) in [7, 11) is 0. The number of rotatable bonds is 8. The maximum Gasteiger partial charge on any atom is 0.254 e. The zero-order valence-electron chi connectivity index (χ0n) is 30.5. The number of pyridine rings is 2. The average Bonchev–Trinajstić information content (AvgIpc) is 3.20. The Bertz CT molecular complexity index is 2470. The number of aromatic nitrogens is 2. The lowest BCUT2D eigenvalue weighted by Gasteiger charge is -2.37. The molecule has 8 heteroatoms. The van der Waals surface area contributed by atoms with E-state index in [-0.39, 0.29) is 5.91 Å². The van der Waals surface area contributed by atoms with E-state index in [2.05, 4.69) is 108 Å². The number of nitrogens with zero attached hydrogens (tertiary/aromatic N) is 6. The monoisotopic (exact) mass is 689 g/mol. The van der Waals surface area contributed by atoms with Crippen molar-refractivity contribution in [3.05, 3.63) is 114 Å².